The lowest BCUT2D eigenvalue weighted by atomic mass is 9.96. The first-order chi connectivity index (χ1) is 5.70. The summed E-state index contributed by atoms with van der Waals surface area (Å²) >= 11 is 0. The number of hydrogen-bond acceptors (Lipinski definition) is 2. The Morgan fingerprint density at radius 2 is 2.17 bits per heavy atom. The van der Waals surface area contributed by atoms with E-state index in [1.165, 1.54) is 0 Å². The van der Waals surface area contributed by atoms with Crippen LogP contribution < -0.4 is 5.46 Å². The van der Waals surface area contributed by atoms with E-state index >= 15 is 0 Å². The highest BCUT2D eigenvalue weighted by molar-refractivity contribution is 6.38. The van der Waals surface area contributed by atoms with E-state index in [0.717, 1.165) is 16.6 Å². The summed E-state index contributed by atoms with van der Waals surface area (Å²) in [4.78, 5) is 4.01. The van der Waals surface area contributed by atoms with Gasteiger partial charge in [-0.15, -0.1) is 0 Å². The average molecular weight is 157 g/mol. The zero-order valence-corrected chi connectivity index (χ0v) is 7.07. The first kappa shape index (κ1) is 7.34. The van der Waals surface area contributed by atoms with Crippen molar-refractivity contribution in [3.05, 3.63) is 18.1 Å². The minimum Gasteiger partial charge on any atom is -0.268 e. The van der Waals surface area contributed by atoms with E-state index in [1.807, 2.05) is 14.0 Å². The van der Waals surface area contributed by atoms with Crippen molar-refractivity contribution in [3.8, 4) is 0 Å². The molecule has 2 rings (SSSR count). The topological polar surface area (TPSA) is 30.7 Å². The highest BCUT2D eigenvalue weighted by atomic mass is 15.3. The van der Waals surface area contributed by atoms with Gasteiger partial charge in [0, 0.05) is 24.8 Å². The Morgan fingerprint density at radius 1 is 1.42 bits per heavy atom. The maximum absolute atomic E-state index is 5.75. The maximum Gasteiger partial charge on any atom is 0.119 e. The fourth-order valence-electron chi connectivity index (χ4n) is 1.42. The van der Waals surface area contributed by atoms with Crippen LogP contribution in [0.4, 0.5) is 0 Å². The Morgan fingerprint density at radius 3 is 2.83 bits per heavy atom. The van der Waals surface area contributed by atoms with Gasteiger partial charge in [-0.05, 0) is 6.92 Å². The Bertz CT molecular complexity index is 433. The van der Waals surface area contributed by atoms with Gasteiger partial charge in [-0.25, -0.2) is 0 Å². The van der Waals surface area contributed by atoms with Crippen LogP contribution in [0.1, 0.15) is 5.69 Å². The molecule has 0 amide bonds. The van der Waals surface area contributed by atoms with Crippen molar-refractivity contribution in [1.29, 1.82) is 0 Å². The van der Waals surface area contributed by atoms with Gasteiger partial charge in [0.1, 0.15) is 7.85 Å². The van der Waals surface area contributed by atoms with Crippen LogP contribution in [-0.4, -0.2) is 22.6 Å². The zero-order chi connectivity index (χ0) is 8.72. The molecule has 0 aliphatic heterocycles. The van der Waals surface area contributed by atoms with Gasteiger partial charge in [0.05, 0.1) is 11.2 Å². The lowest BCUT2D eigenvalue weighted by Gasteiger charge is -1.96. The Hall–Kier alpha value is -1.32. The van der Waals surface area contributed by atoms with E-state index in [2.05, 4.69) is 10.1 Å². The molecule has 58 valence electrons. The quantitative estimate of drug-likeness (QED) is 0.506. The molecule has 12 heavy (non-hydrogen) atoms. The molecule has 0 unspecified atom stereocenters. The Kier molecular flexibility index (Phi) is 1.43. The van der Waals surface area contributed by atoms with E-state index in [0.29, 0.717) is 5.46 Å². The fourth-order valence-corrected chi connectivity index (χ4v) is 1.42. The Balaban J connectivity index is 2.99. The number of nitrogens with zero attached hydrogens (tertiary/aromatic N) is 3. The molecule has 0 saturated heterocycles. The molecule has 2 heterocycles. The molecule has 0 bridgehead atoms. The van der Waals surface area contributed by atoms with Crippen LogP contribution in [0.2, 0.25) is 0 Å². The molecule has 0 aliphatic carbocycles. The third-order valence-electron chi connectivity index (χ3n) is 1.96. The summed E-state index contributed by atoms with van der Waals surface area (Å²) in [5.74, 6) is 0. The van der Waals surface area contributed by atoms with Gasteiger partial charge in [-0.3, -0.25) is 9.67 Å². The largest absolute Gasteiger partial charge is 0.268 e. The van der Waals surface area contributed by atoms with Gasteiger partial charge < -0.3 is 0 Å². The van der Waals surface area contributed by atoms with Crippen molar-refractivity contribution in [2.24, 2.45) is 7.05 Å². The van der Waals surface area contributed by atoms with E-state index in [-0.39, 0.29) is 0 Å². The van der Waals surface area contributed by atoms with Crippen LogP contribution in [0.5, 0.6) is 0 Å². The smallest absolute Gasteiger partial charge is 0.119 e. The van der Waals surface area contributed by atoms with Crippen LogP contribution in [-0.2, 0) is 7.05 Å². The van der Waals surface area contributed by atoms with Crippen LogP contribution in [0.15, 0.2) is 12.4 Å². The predicted molar refractivity (Wildman–Crippen MR) is 48.6 cm³/mol. The molecule has 2 radical (unpaired) electrons. The highest BCUT2D eigenvalue weighted by Crippen LogP contribution is 2.12. The van der Waals surface area contributed by atoms with Crippen LogP contribution in [0.25, 0.3) is 10.9 Å². The van der Waals surface area contributed by atoms with Gasteiger partial charge in [0.25, 0.3) is 0 Å². The molecule has 0 N–H and O–H groups in total. The highest BCUT2D eigenvalue weighted by Gasteiger charge is 2.05. The lowest BCUT2D eigenvalue weighted by Crippen LogP contribution is -2.08. The lowest BCUT2D eigenvalue weighted by molar-refractivity contribution is 0.785. The molecule has 4 heteroatoms. The second-order valence-electron chi connectivity index (χ2n) is 2.83. The van der Waals surface area contributed by atoms with E-state index in [1.54, 1.807) is 17.1 Å². The average Bonchev–Trinajstić information content (AvgIpc) is 2.29. The number of rotatable bonds is 0. The third kappa shape index (κ3) is 0.842. The van der Waals surface area contributed by atoms with E-state index in [4.69, 9.17) is 7.85 Å². The molecule has 0 saturated carbocycles. The molecule has 3 nitrogen and oxygen atoms in total. The summed E-state index contributed by atoms with van der Waals surface area (Å²) in [5.41, 5.74) is 2.60. The van der Waals surface area contributed by atoms with E-state index < -0.39 is 0 Å². The van der Waals surface area contributed by atoms with Crippen molar-refractivity contribution in [1.82, 2.24) is 14.8 Å². The SMILES string of the molecule is [B]c1cncc2c(C)nn(C)c12. The molecule has 0 aromatic carbocycles. The third-order valence-corrected chi connectivity index (χ3v) is 1.96. The molecule has 0 spiro atoms. The summed E-state index contributed by atoms with van der Waals surface area (Å²) in [5, 5.41) is 5.27. The molecular weight excluding hydrogens is 149 g/mol. The van der Waals surface area contributed by atoms with Gasteiger partial charge in [0.2, 0.25) is 0 Å². The van der Waals surface area contributed by atoms with Crippen LogP contribution >= 0.6 is 0 Å². The van der Waals surface area contributed by atoms with Crippen molar-refractivity contribution < 1.29 is 0 Å². The number of aromatic nitrogens is 3. The number of aryl methyl sites for hydroxylation is 2. The van der Waals surface area contributed by atoms with Gasteiger partial charge in [-0.1, -0.05) is 5.46 Å². The van der Waals surface area contributed by atoms with Crippen molar-refractivity contribution in [3.63, 3.8) is 0 Å². The molecule has 0 fully saturated rings. The normalized spacial score (nSPS) is 10.8. The number of hydrogen-bond donors (Lipinski definition) is 0. The predicted octanol–water partition coefficient (Wildman–Crippen LogP) is 0.0705. The number of pyridine rings is 1. The fraction of sp³-hybridized carbons (Fsp3) is 0.250. The van der Waals surface area contributed by atoms with Gasteiger partial charge in [0.15, 0.2) is 0 Å². The van der Waals surface area contributed by atoms with Crippen molar-refractivity contribution in [2.45, 2.75) is 6.92 Å². The minimum absolute atomic E-state index is 0.676. The summed E-state index contributed by atoms with van der Waals surface area (Å²) < 4.78 is 1.78. The first-order valence-corrected chi connectivity index (χ1v) is 3.73. The van der Waals surface area contributed by atoms with Crippen molar-refractivity contribution >= 4 is 24.2 Å². The van der Waals surface area contributed by atoms with E-state index in [9.17, 15) is 0 Å². The summed E-state index contributed by atoms with van der Waals surface area (Å²) in [6.07, 6.45) is 3.43. The summed E-state index contributed by atoms with van der Waals surface area (Å²) in [6, 6.07) is 0. The minimum atomic E-state index is 0.676. The van der Waals surface area contributed by atoms with Gasteiger partial charge >= 0.3 is 0 Å². The summed E-state index contributed by atoms with van der Waals surface area (Å²) in [6.45, 7) is 1.95. The molecule has 2 aromatic heterocycles. The van der Waals surface area contributed by atoms with Crippen LogP contribution in [0, 0.1) is 6.92 Å². The molecule has 0 aliphatic rings. The van der Waals surface area contributed by atoms with Crippen molar-refractivity contribution in [2.75, 3.05) is 0 Å². The Labute approximate surface area is 71.8 Å². The second kappa shape index (κ2) is 2.34. The summed E-state index contributed by atoms with van der Waals surface area (Å²) in [7, 11) is 7.63. The number of fused-ring (bicyclic) bond motifs is 1. The monoisotopic (exact) mass is 157 g/mol. The van der Waals surface area contributed by atoms with Crippen LogP contribution in [0.3, 0.4) is 0 Å². The molecule has 2 aromatic rings. The maximum atomic E-state index is 5.75. The zero-order valence-electron chi connectivity index (χ0n) is 7.07. The molecular formula is C8H8BN3. The standard InChI is InChI=1S/C8H8BN3/c1-5-6-3-10-4-7(9)8(6)12(2)11-5/h3-4H,1-2H3. The first-order valence-electron chi connectivity index (χ1n) is 3.73. The molecule has 0 atom stereocenters. The second-order valence-corrected chi connectivity index (χ2v) is 2.83. The van der Waals surface area contributed by atoms with Gasteiger partial charge in [-0.2, -0.15) is 5.10 Å².